The second-order valence-electron chi connectivity index (χ2n) is 5.06. The maximum absolute atomic E-state index is 13.4. The summed E-state index contributed by atoms with van der Waals surface area (Å²) in [6.07, 6.45) is 5.92. The molecule has 1 aliphatic rings. The van der Waals surface area contributed by atoms with Crippen molar-refractivity contribution in [2.75, 3.05) is 6.54 Å². The average Bonchev–Trinajstić information content (AvgIpc) is 2.28. The molecule has 0 spiro atoms. The van der Waals surface area contributed by atoms with Crippen molar-refractivity contribution in [3.8, 4) is 0 Å². The van der Waals surface area contributed by atoms with Crippen LogP contribution in [-0.4, -0.2) is 6.54 Å². The standard InChI is InChI=1S/C14H20FN/c1-11-7-12(9-13(15)8-11)14(10-16)5-3-2-4-6-14/h7-9H,2-6,10,16H2,1H3. The zero-order valence-corrected chi connectivity index (χ0v) is 9.93. The summed E-state index contributed by atoms with van der Waals surface area (Å²) in [5.41, 5.74) is 8.08. The highest BCUT2D eigenvalue weighted by Gasteiger charge is 2.32. The largest absolute Gasteiger partial charge is 0.330 e. The first-order chi connectivity index (χ1) is 7.66. The molecule has 2 heteroatoms. The number of hydrogen-bond acceptors (Lipinski definition) is 1. The molecule has 1 aliphatic carbocycles. The van der Waals surface area contributed by atoms with Crippen LogP contribution in [0.25, 0.3) is 0 Å². The third-order valence-corrected chi connectivity index (χ3v) is 3.86. The van der Waals surface area contributed by atoms with E-state index < -0.39 is 0 Å². The quantitative estimate of drug-likeness (QED) is 0.814. The molecule has 0 bridgehead atoms. The Hall–Kier alpha value is -0.890. The van der Waals surface area contributed by atoms with Gasteiger partial charge in [0.05, 0.1) is 0 Å². The van der Waals surface area contributed by atoms with Crippen molar-refractivity contribution < 1.29 is 4.39 Å². The Labute approximate surface area is 96.9 Å². The molecule has 0 aliphatic heterocycles. The van der Waals surface area contributed by atoms with Crippen molar-refractivity contribution in [3.63, 3.8) is 0 Å². The van der Waals surface area contributed by atoms with Crippen LogP contribution in [0.4, 0.5) is 4.39 Å². The van der Waals surface area contributed by atoms with Crippen LogP contribution >= 0.6 is 0 Å². The van der Waals surface area contributed by atoms with Crippen LogP contribution in [0.2, 0.25) is 0 Å². The molecule has 88 valence electrons. The SMILES string of the molecule is Cc1cc(F)cc(C2(CN)CCCCC2)c1. The first-order valence-corrected chi connectivity index (χ1v) is 6.14. The molecular weight excluding hydrogens is 201 g/mol. The Kier molecular flexibility index (Phi) is 3.29. The minimum Gasteiger partial charge on any atom is -0.330 e. The Morgan fingerprint density at radius 2 is 1.88 bits per heavy atom. The van der Waals surface area contributed by atoms with E-state index in [1.807, 2.05) is 6.92 Å². The summed E-state index contributed by atoms with van der Waals surface area (Å²) in [7, 11) is 0. The van der Waals surface area contributed by atoms with Crippen LogP contribution in [0, 0.1) is 12.7 Å². The highest BCUT2D eigenvalue weighted by atomic mass is 19.1. The van der Waals surface area contributed by atoms with Crippen LogP contribution < -0.4 is 5.73 Å². The topological polar surface area (TPSA) is 26.0 Å². The smallest absolute Gasteiger partial charge is 0.123 e. The molecule has 1 fully saturated rings. The molecule has 2 N–H and O–H groups in total. The van der Waals surface area contributed by atoms with Crippen molar-refractivity contribution in [2.45, 2.75) is 44.4 Å². The predicted molar refractivity (Wildman–Crippen MR) is 65.0 cm³/mol. The molecule has 1 saturated carbocycles. The van der Waals surface area contributed by atoms with Crippen LogP contribution in [-0.2, 0) is 5.41 Å². The summed E-state index contributed by atoms with van der Waals surface area (Å²) in [6.45, 7) is 2.58. The third-order valence-electron chi connectivity index (χ3n) is 3.86. The zero-order chi connectivity index (χ0) is 11.6. The Bertz CT molecular complexity index is 347. The van der Waals surface area contributed by atoms with Crippen molar-refractivity contribution >= 4 is 0 Å². The van der Waals surface area contributed by atoms with E-state index >= 15 is 0 Å². The molecule has 0 aromatic heterocycles. The van der Waals surface area contributed by atoms with Crippen LogP contribution in [0.1, 0.15) is 43.2 Å². The number of nitrogens with two attached hydrogens (primary N) is 1. The van der Waals surface area contributed by atoms with Crippen molar-refractivity contribution in [1.29, 1.82) is 0 Å². The number of rotatable bonds is 2. The molecular formula is C14H20FN. The van der Waals surface area contributed by atoms with E-state index in [0.717, 1.165) is 24.0 Å². The van der Waals surface area contributed by atoms with Gasteiger partial charge in [-0.3, -0.25) is 0 Å². The summed E-state index contributed by atoms with van der Waals surface area (Å²) < 4.78 is 13.4. The van der Waals surface area contributed by atoms with Crippen LogP contribution in [0.5, 0.6) is 0 Å². The van der Waals surface area contributed by atoms with Gasteiger partial charge in [0.15, 0.2) is 0 Å². The van der Waals surface area contributed by atoms with Crippen LogP contribution in [0.3, 0.4) is 0 Å². The van der Waals surface area contributed by atoms with E-state index in [-0.39, 0.29) is 11.2 Å². The molecule has 0 heterocycles. The lowest BCUT2D eigenvalue weighted by molar-refractivity contribution is 0.300. The van der Waals surface area contributed by atoms with E-state index in [0.29, 0.717) is 6.54 Å². The van der Waals surface area contributed by atoms with Gasteiger partial charge in [0.1, 0.15) is 5.82 Å². The lowest BCUT2D eigenvalue weighted by Gasteiger charge is -2.37. The average molecular weight is 221 g/mol. The van der Waals surface area contributed by atoms with Gasteiger partial charge in [0.2, 0.25) is 0 Å². The summed E-state index contributed by atoms with van der Waals surface area (Å²) in [6, 6.07) is 5.35. The zero-order valence-electron chi connectivity index (χ0n) is 9.93. The first-order valence-electron chi connectivity index (χ1n) is 6.14. The van der Waals surface area contributed by atoms with E-state index in [2.05, 4.69) is 6.07 Å². The number of aryl methyl sites for hydroxylation is 1. The maximum Gasteiger partial charge on any atom is 0.123 e. The van der Waals surface area contributed by atoms with Gasteiger partial charge in [-0.25, -0.2) is 4.39 Å². The van der Waals surface area contributed by atoms with Gasteiger partial charge in [-0.2, -0.15) is 0 Å². The molecule has 1 nitrogen and oxygen atoms in total. The molecule has 2 rings (SSSR count). The van der Waals surface area contributed by atoms with Crippen molar-refractivity contribution in [1.82, 2.24) is 0 Å². The molecule has 16 heavy (non-hydrogen) atoms. The summed E-state index contributed by atoms with van der Waals surface area (Å²) in [4.78, 5) is 0. The number of halogens is 1. The lowest BCUT2D eigenvalue weighted by Crippen LogP contribution is -2.37. The lowest BCUT2D eigenvalue weighted by atomic mass is 9.69. The third kappa shape index (κ3) is 2.12. The summed E-state index contributed by atoms with van der Waals surface area (Å²) in [5, 5.41) is 0. The van der Waals surface area contributed by atoms with Crippen molar-refractivity contribution in [3.05, 3.63) is 35.1 Å². The van der Waals surface area contributed by atoms with Gasteiger partial charge in [-0.05, 0) is 43.0 Å². The predicted octanol–water partition coefficient (Wildman–Crippen LogP) is 3.29. The van der Waals surface area contributed by atoms with Gasteiger partial charge < -0.3 is 5.73 Å². The molecule has 0 amide bonds. The highest BCUT2D eigenvalue weighted by molar-refractivity contribution is 5.31. The molecule has 1 aromatic carbocycles. The minimum absolute atomic E-state index is 0.0328. The fraction of sp³-hybridized carbons (Fsp3) is 0.571. The van der Waals surface area contributed by atoms with E-state index in [4.69, 9.17) is 5.73 Å². The fourth-order valence-corrected chi connectivity index (χ4v) is 2.88. The highest BCUT2D eigenvalue weighted by Crippen LogP contribution is 2.39. The molecule has 1 aromatic rings. The number of benzene rings is 1. The van der Waals surface area contributed by atoms with Crippen LogP contribution in [0.15, 0.2) is 18.2 Å². The fourth-order valence-electron chi connectivity index (χ4n) is 2.88. The Morgan fingerprint density at radius 3 is 2.44 bits per heavy atom. The molecule has 0 atom stereocenters. The summed E-state index contributed by atoms with van der Waals surface area (Å²) in [5.74, 6) is -0.131. The monoisotopic (exact) mass is 221 g/mol. The van der Waals surface area contributed by atoms with E-state index in [1.165, 1.54) is 19.3 Å². The number of hydrogen-bond donors (Lipinski definition) is 1. The normalized spacial score (nSPS) is 19.7. The van der Waals surface area contributed by atoms with E-state index in [1.54, 1.807) is 12.1 Å². The molecule has 0 radical (unpaired) electrons. The van der Waals surface area contributed by atoms with Gasteiger partial charge in [-0.1, -0.05) is 25.3 Å². The van der Waals surface area contributed by atoms with Gasteiger partial charge in [-0.15, -0.1) is 0 Å². The second kappa shape index (κ2) is 4.54. The van der Waals surface area contributed by atoms with Crippen molar-refractivity contribution in [2.24, 2.45) is 5.73 Å². The minimum atomic E-state index is -0.131. The first kappa shape index (κ1) is 11.6. The molecule has 0 saturated heterocycles. The second-order valence-corrected chi connectivity index (χ2v) is 5.06. The Morgan fingerprint density at radius 1 is 1.19 bits per heavy atom. The van der Waals surface area contributed by atoms with Gasteiger partial charge in [0.25, 0.3) is 0 Å². The Balaban J connectivity index is 2.38. The van der Waals surface area contributed by atoms with Gasteiger partial charge >= 0.3 is 0 Å². The maximum atomic E-state index is 13.4. The van der Waals surface area contributed by atoms with E-state index in [9.17, 15) is 4.39 Å². The van der Waals surface area contributed by atoms with Gasteiger partial charge in [0, 0.05) is 12.0 Å². The molecule has 0 unspecified atom stereocenters. The summed E-state index contributed by atoms with van der Waals surface area (Å²) >= 11 is 0.